The minimum atomic E-state index is -0.0289. The van der Waals surface area contributed by atoms with Gasteiger partial charge in [-0.2, -0.15) is 5.10 Å². The molecule has 0 radical (unpaired) electrons. The summed E-state index contributed by atoms with van der Waals surface area (Å²) < 4.78 is 0.715. The first kappa shape index (κ1) is 13.2. The molecule has 0 bridgehead atoms. The Kier molecular flexibility index (Phi) is 3.77. The van der Waals surface area contributed by atoms with Crippen molar-refractivity contribution in [1.29, 1.82) is 0 Å². The Bertz CT molecular complexity index is 601. The second-order valence-corrected chi connectivity index (χ2v) is 5.59. The number of aromatic amines is 1. The maximum Gasteiger partial charge on any atom is 0.255 e. The van der Waals surface area contributed by atoms with Crippen molar-refractivity contribution in [3.05, 3.63) is 40.6 Å². The van der Waals surface area contributed by atoms with E-state index in [1.165, 1.54) is 6.33 Å². The SMILES string of the molecule is O=C(c1ccncc1Br)N1CCCC[C@H]1c1ncn[nH]1. The van der Waals surface area contributed by atoms with E-state index in [1.807, 2.05) is 4.90 Å². The molecule has 20 heavy (non-hydrogen) atoms. The van der Waals surface area contributed by atoms with Gasteiger partial charge < -0.3 is 4.90 Å². The van der Waals surface area contributed by atoms with Crippen LogP contribution in [-0.2, 0) is 0 Å². The first-order valence-electron chi connectivity index (χ1n) is 6.53. The van der Waals surface area contributed by atoms with Crippen molar-refractivity contribution in [2.75, 3.05) is 6.54 Å². The number of halogens is 1. The van der Waals surface area contributed by atoms with E-state index in [1.54, 1.807) is 18.5 Å². The molecule has 3 heterocycles. The highest BCUT2D eigenvalue weighted by atomic mass is 79.9. The number of H-pyrrole nitrogens is 1. The molecule has 0 aliphatic carbocycles. The quantitative estimate of drug-likeness (QED) is 0.913. The number of nitrogens with zero attached hydrogens (tertiary/aromatic N) is 4. The van der Waals surface area contributed by atoms with Gasteiger partial charge in [0.2, 0.25) is 0 Å². The highest BCUT2D eigenvalue weighted by molar-refractivity contribution is 9.10. The Morgan fingerprint density at radius 1 is 1.45 bits per heavy atom. The zero-order valence-corrected chi connectivity index (χ0v) is 12.4. The summed E-state index contributed by atoms with van der Waals surface area (Å²) in [6.45, 7) is 0.735. The van der Waals surface area contributed by atoms with Crippen molar-refractivity contribution in [2.45, 2.75) is 25.3 Å². The minimum absolute atomic E-state index is 0.000347. The largest absolute Gasteiger partial charge is 0.328 e. The molecule has 1 amide bonds. The van der Waals surface area contributed by atoms with Crippen molar-refractivity contribution in [3.63, 3.8) is 0 Å². The monoisotopic (exact) mass is 335 g/mol. The molecule has 1 N–H and O–H groups in total. The van der Waals surface area contributed by atoms with E-state index in [9.17, 15) is 4.79 Å². The maximum atomic E-state index is 12.7. The van der Waals surface area contributed by atoms with Crippen LogP contribution in [0, 0.1) is 0 Å². The molecule has 6 nitrogen and oxygen atoms in total. The van der Waals surface area contributed by atoms with E-state index < -0.39 is 0 Å². The number of hydrogen-bond acceptors (Lipinski definition) is 4. The highest BCUT2D eigenvalue weighted by Crippen LogP contribution is 2.31. The van der Waals surface area contributed by atoms with Crippen molar-refractivity contribution in [2.24, 2.45) is 0 Å². The van der Waals surface area contributed by atoms with E-state index in [-0.39, 0.29) is 11.9 Å². The Morgan fingerprint density at radius 3 is 3.10 bits per heavy atom. The molecule has 1 fully saturated rings. The molecule has 0 saturated carbocycles. The van der Waals surface area contributed by atoms with E-state index in [0.29, 0.717) is 10.0 Å². The Balaban J connectivity index is 1.90. The van der Waals surface area contributed by atoms with E-state index in [0.717, 1.165) is 31.6 Å². The zero-order chi connectivity index (χ0) is 13.9. The van der Waals surface area contributed by atoms with Gasteiger partial charge in [0.15, 0.2) is 0 Å². The van der Waals surface area contributed by atoms with Gasteiger partial charge in [0.25, 0.3) is 5.91 Å². The summed E-state index contributed by atoms with van der Waals surface area (Å²) in [5.41, 5.74) is 0.631. The number of amides is 1. The van der Waals surface area contributed by atoms with Crippen LogP contribution in [-0.4, -0.2) is 37.5 Å². The molecular weight excluding hydrogens is 322 g/mol. The second kappa shape index (κ2) is 5.70. The second-order valence-electron chi connectivity index (χ2n) is 4.74. The predicted molar refractivity (Wildman–Crippen MR) is 75.9 cm³/mol. The van der Waals surface area contributed by atoms with Gasteiger partial charge in [-0.1, -0.05) is 0 Å². The molecule has 3 rings (SSSR count). The van der Waals surface area contributed by atoms with Gasteiger partial charge >= 0.3 is 0 Å². The third-order valence-electron chi connectivity index (χ3n) is 3.52. The Labute approximate surface area is 124 Å². The zero-order valence-electron chi connectivity index (χ0n) is 10.8. The molecule has 7 heteroatoms. The summed E-state index contributed by atoms with van der Waals surface area (Å²) in [7, 11) is 0. The van der Waals surface area contributed by atoms with Gasteiger partial charge in [-0.05, 0) is 41.3 Å². The first-order valence-corrected chi connectivity index (χ1v) is 7.32. The van der Waals surface area contributed by atoms with Crippen molar-refractivity contribution in [3.8, 4) is 0 Å². The number of aromatic nitrogens is 4. The molecule has 1 aliphatic heterocycles. The molecule has 2 aromatic rings. The summed E-state index contributed by atoms with van der Waals surface area (Å²) in [4.78, 5) is 22.8. The smallest absolute Gasteiger partial charge is 0.255 e. The number of hydrogen-bond donors (Lipinski definition) is 1. The maximum absolute atomic E-state index is 12.7. The van der Waals surface area contributed by atoms with Gasteiger partial charge in [-0.15, -0.1) is 0 Å². The van der Waals surface area contributed by atoms with Crippen LogP contribution >= 0.6 is 15.9 Å². The fourth-order valence-electron chi connectivity index (χ4n) is 2.54. The van der Waals surface area contributed by atoms with Crippen molar-refractivity contribution >= 4 is 21.8 Å². The van der Waals surface area contributed by atoms with Crippen molar-refractivity contribution in [1.82, 2.24) is 25.1 Å². The third kappa shape index (κ3) is 2.45. The summed E-state index contributed by atoms with van der Waals surface area (Å²) in [5, 5.41) is 6.77. The van der Waals surface area contributed by atoms with Crippen LogP contribution in [0.25, 0.3) is 0 Å². The topological polar surface area (TPSA) is 74.8 Å². The Hall–Kier alpha value is -1.76. The number of piperidine rings is 1. The van der Waals surface area contributed by atoms with E-state index in [4.69, 9.17) is 0 Å². The summed E-state index contributed by atoms with van der Waals surface area (Å²) >= 11 is 3.39. The number of likely N-dealkylation sites (tertiary alicyclic amines) is 1. The normalized spacial score (nSPS) is 19.1. The fraction of sp³-hybridized carbons (Fsp3) is 0.385. The van der Waals surface area contributed by atoms with Crippen LogP contribution in [0.4, 0.5) is 0 Å². The molecule has 2 aromatic heterocycles. The lowest BCUT2D eigenvalue weighted by atomic mass is 10.0. The standard InChI is InChI=1S/C13H14BrN5O/c14-10-7-15-5-4-9(10)13(20)19-6-2-1-3-11(19)12-16-8-17-18-12/h4-5,7-8,11H,1-3,6H2,(H,16,17,18)/t11-/m0/s1. The summed E-state index contributed by atoms with van der Waals surface area (Å²) in [5.74, 6) is 0.753. The lowest BCUT2D eigenvalue weighted by Gasteiger charge is -2.34. The molecule has 1 atom stereocenters. The molecule has 1 saturated heterocycles. The molecular formula is C13H14BrN5O. The number of carbonyl (C=O) groups excluding carboxylic acids is 1. The van der Waals surface area contributed by atoms with Crippen LogP contribution in [0.3, 0.4) is 0 Å². The molecule has 104 valence electrons. The number of pyridine rings is 1. The minimum Gasteiger partial charge on any atom is -0.328 e. The number of carbonyl (C=O) groups is 1. The van der Waals surface area contributed by atoms with Crippen LogP contribution in [0.1, 0.15) is 41.5 Å². The molecule has 1 aliphatic rings. The highest BCUT2D eigenvalue weighted by Gasteiger charge is 2.31. The van der Waals surface area contributed by atoms with Gasteiger partial charge in [0.1, 0.15) is 12.2 Å². The summed E-state index contributed by atoms with van der Waals surface area (Å²) in [6, 6.07) is 1.71. The predicted octanol–water partition coefficient (Wildman–Crippen LogP) is 2.33. The lowest BCUT2D eigenvalue weighted by Crippen LogP contribution is -2.39. The van der Waals surface area contributed by atoms with Crippen LogP contribution in [0.2, 0.25) is 0 Å². The van der Waals surface area contributed by atoms with Gasteiger partial charge in [-0.3, -0.25) is 14.9 Å². The lowest BCUT2D eigenvalue weighted by molar-refractivity contribution is 0.0599. The van der Waals surface area contributed by atoms with E-state index in [2.05, 4.69) is 36.1 Å². The summed E-state index contributed by atoms with van der Waals surface area (Å²) in [6.07, 6.45) is 7.76. The van der Waals surface area contributed by atoms with Crippen LogP contribution in [0.15, 0.2) is 29.3 Å². The van der Waals surface area contributed by atoms with Crippen LogP contribution in [0.5, 0.6) is 0 Å². The van der Waals surface area contributed by atoms with Gasteiger partial charge in [0.05, 0.1) is 11.6 Å². The van der Waals surface area contributed by atoms with Gasteiger partial charge in [0, 0.05) is 23.4 Å². The molecule has 0 spiro atoms. The first-order chi connectivity index (χ1) is 9.77. The average molecular weight is 336 g/mol. The number of nitrogens with one attached hydrogen (secondary N) is 1. The third-order valence-corrected chi connectivity index (χ3v) is 4.15. The molecule has 0 unspecified atom stereocenters. The average Bonchev–Trinajstić information content (AvgIpc) is 3.01. The molecule has 0 aromatic carbocycles. The Morgan fingerprint density at radius 2 is 2.35 bits per heavy atom. The van der Waals surface area contributed by atoms with Crippen molar-refractivity contribution < 1.29 is 4.79 Å². The van der Waals surface area contributed by atoms with Gasteiger partial charge in [-0.25, -0.2) is 4.98 Å². The van der Waals surface area contributed by atoms with E-state index >= 15 is 0 Å². The number of rotatable bonds is 2. The van der Waals surface area contributed by atoms with Crippen LogP contribution < -0.4 is 0 Å². The fourth-order valence-corrected chi connectivity index (χ4v) is 2.96.